The molecule has 0 radical (unpaired) electrons. The van der Waals surface area contributed by atoms with E-state index in [4.69, 9.17) is 15.2 Å². The lowest BCUT2D eigenvalue weighted by molar-refractivity contribution is -0.155. The van der Waals surface area contributed by atoms with Crippen molar-refractivity contribution in [2.75, 3.05) is 11.4 Å². The Hall–Kier alpha value is -3.04. The number of anilines is 1. The van der Waals surface area contributed by atoms with Gasteiger partial charge in [-0.1, -0.05) is 6.07 Å². The van der Waals surface area contributed by atoms with Crippen LogP contribution in [0.5, 0.6) is 0 Å². The molecule has 0 aromatic heterocycles. The number of nitrogens with zero attached hydrogens (tertiary/aromatic N) is 3. The van der Waals surface area contributed by atoms with Gasteiger partial charge in [0, 0.05) is 24.0 Å². The number of aliphatic imine (C=N–C) groups is 2. The van der Waals surface area contributed by atoms with Gasteiger partial charge in [0.25, 0.3) is 0 Å². The third kappa shape index (κ3) is 5.53. The van der Waals surface area contributed by atoms with Crippen LogP contribution in [0, 0.1) is 0 Å². The molecular formula is C25H34N4O5. The van der Waals surface area contributed by atoms with Gasteiger partial charge >= 0.3 is 12.1 Å². The Morgan fingerprint density at radius 2 is 1.76 bits per heavy atom. The molecule has 3 unspecified atom stereocenters. The van der Waals surface area contributed by atoms with Crippen molar-refractivity contribution in [3.8, 4) is 0 Å². The van der Waals surface area contributed by atoms with Crippen molar-refractivity contribution in [3.05, 3.63) is 40.7 Å². The van der Waals surface area contributed by atoms with E-state index in [1.165, 1.54) is 17.3 Å². The molecule has 1 aromatic carbocycles. The van der Waals surface area contributed by atoms with Gasteiger partial charge in [0.1, 0.15) is 22.9 Å². The molecule has 0 saturated heterocycles. The molecule has 1 amide bonds. The van der Waals surface area contributed by atoms with Crippen LogP contribution >= 0.6 is 0 Å². The monoisotopic (exact) mass is 470 g/mol. The number of carbonyl (C=O) groups is 2. The van der Waals surface area contributed by atoms with E-state index in [-0.39, 0.29) is 12.4 Å². The Labute approximate surface area is 200 Å². The lowest BCUT2D eigenvalue weighted by Gasteiger charge is -2.37. The number of fused-ring (bicyclic) bond motifs is 1. The van der Waals surface area contributed by atoms with Crippen LogP contribution in [0.2, 0.25) is 0 Å². The number of hydrogen-bond acceptors (Lipinski definition) is 8. The molecule has 3 N–H and O–H groups in total. The summed E-state index contributed by atoms with van der Waals surface area (Å²) in [6.07, 6.45) is 1.40. The second-order valence-electron chi connectivity index (χ2n) is 10.5. The smallest absolute Gasteiger partial charge is 0.420 e. The number of aliphatic hydroxyl groups excluding tert-OH is 1. The third-order valence-electron chi connectivity index (χ3n) is 5.14. The molecule has 9 heteroatoms. The van der Waals surface area contributed by atoms with E-state index in [0.29, 0.717) is 22.4 Å². The molecule has 0 spiro atoms. The van der Waals surface area contributed by atoms with Gasteiger partial charge in [-0.25, -0.2) is 14.7 Å². The van der Waals surface area contributed by atoms with Crippen LogP contribution in [0.25, 0.3) is 0 Å². The van der Waals surface area contributed by atoms with E-state index in [1.807, 2.05) is 0 Å². The lowest BCUT2D eigenvalue weighted by atomic mass is 9.84. The van der Waals surface area contributed by atoms with Crippen molar-refractivity contribution in [1.29, 1.82) is 0 Å². The molecule has 2 aliphatic heterocycles. The Balaban J connectivity index is 2.26. The molecule has 0 aliphatic carbocycles. The molecule has 9 nitrogen and oxygen atoms in total. The average Bonchev–Trinajstić information content (AvgIpc) is 2.93. The molecule has 3 rings (SSSR count). The zero-order chi connectivity index (χ0) is 25.4. The highest BCUT2D eigenvalue weighted by molar-refractivity contribution is 6.17. The van der Waals surface area contributed by atoms with Crippen molar-refractivity contribution in [1.82, 2.24) is 0 Å². The second-order valence-corrected chi connectivity index (χ2v) is 10.5. The highest BCUT2D eigenvalue weighted by Gasteiger charge is 2.43. The number of esters is 1. The van der Waals surface area contributed by atoms with Crippen LogP contribution in [0.1, 0.15) is 71.6 Å². The summed E-state index contributed by atoms with van der Waals surface area (Å²) in [6, 6.07) is 4.50. The lowest BCUT2D eigenvalue weighted by Crippen LogP contribution is -2.41. The Morgan fingerprint density at radius 3 is 2.35 bits per heavy atom. The minimum atomic E-state index is -0.958. The van der Waals surface area contributed by atoms with Crippen molar-refractivity contribution in [2.24, 2.45) is 15.7 Å². The number of aliphatic hydroxyl groups is 1. The Bertz CT molecular complexity index is 1060. The number of hydrogen-bond donors (Lipinski definition) is 2. The zero-order valence-corrected chi connectivity index (χ0v) is 20.8. The van der Waals surface area contributed by atoms with Gasteiger partial charge in [0.15, 0.2) is 0 Å². The van der Waals surface area contributed by atoms with E-state index >= 15 is 0 Å². The fourth-order valence-corrected chi connectivity index (χ4v) is 3.80. The largest absolute Gasteiger partial charge is 0.459 e. The van der Waals surface area contributed by atoms with E-state index in [1.54, 1.807) is 66.7 Å². The highest BCUT2D eigenvalue weighted by Crippen LogP contribution is 2.45. The maximum Gasteiger partial charge on any atom is 0.420 e. The minimum absolute atomic E-state index is 0.137. The quantitative estimate of drug-likeness (QED) is 0.650. The van der Waals surface area contributed by atoms with Gasteiger partial charge in [-0.3, -0.25) is 9.79 Å². The molecular weight excluding hydrogens is 436 g/mol. The number of rotatable bonds is 3. The fourth-order valence-electron chi connectivity index (χ4n) is 3.80. The molecule has 2 aliphatic rings. The first-order chi connectivity index (χ1) is 15.7. The predicted molar refractivity (Wildman–Crippen MR) is 131 cm³/mol. The topological polar surface area (TPSA) is 127 Å². The second kappa shape index (κ2) is 9.31. The van der Waals surface area contributed by atoms with Crippen molar-refractivity contribution >= 4 is 30.2 Å². The van der Waals surface area contributed by atoms with Crippen molar-refractivity contribution in [2.45, 2.75) is 77.7 Å². The number of ether oxygens (including phenoxy) is 2. The minimum Gasteiger partial charge on any atom is -0.459 e. The predicted octanol–water partition coefficient (Wildman–Crippen LogP) is 3.61. The number of benzene rings is 1. The molecule has 0 bridgehead atoms. The van der Waals surface area contributed by atoms with Gasteiger partial charge in [-0.05, 0) is 71.7 Å². The normalized spacial score (nSPS) is 19.7. The first-order valence-electron chi connectivity index (χ1n) is 11.3. The van der Waals surface area contributed by atoms with Crippen molar-refractivity contribution < 1.29 is 24.2 Å². The summed E-state index contributed by atoms with van der Waals surface area (Å²) in [5, 5.41) is 10.6. The summed E-state index contributed by atoms with van der Waals surface area (Å²) in [7, 11) is 0. The van der Waals surface area contributed by atoms with Gasteiger partial charge in [-0.2, -0.15) is 0 Å². The summed E-state index contributed by atoms with van der Waals surface area (Å²) in [5.41, 5.74) is 6.37. The summed E-state index contributed by atoms with van der Waals surface area (Å²) in [5.74, 6) is -1.10. The van der Waals surface area contributed by atoms with Crippen LogP contribution in [0.15, 0.2) is 39.6 Å². The van der Waals surface area contributed by atoms with Gasteiger partial charge in [0.05, 0.1) is 18.3 Å². The van der Waals surface area contributed by atoms with E-state index in [0.717, 1.165) is 0 Å². The Kier molecular flexibility index (Phi) is 7.00. The Morgan fingerprint density at radius 1 is 1.12 bits per heavy atom. The van der Waals surface area contributed by atoms with Crippen LogP contribution in [0.3, 0.4) is 0 Å². The zero-order valence-electron chi connectivity index (χ0n) is 20.8. The van der Waals surface area contributed by atoms with Crippen molar-refractivity contribution in [3.63, 3.8) is 0 Å². The number of nitrogens with two attached hydrogens (primary N) is 1. The molecule has 0 fully saturated rings. The molecule has 34 heavy (non-hydrogen) atoms. The first-order valence-corrected chi connectivity index (χ1v) is 11.3. The number of carbonyl (C=O) groups excluding carboxylic acids is 2. The first kappa shape index (κ1) is 25.6. The third-order valence-corrected chi connectivity index (χ3v) is 5.14. The molecule has 184 valence electrons. The molecule has 2 heterocycles. The SMILES string of the molecule is CC(N)C(O)c1ccc2c(c1)C(C(=O)OC(C)(C)C)C1=C(N=CC=NC1)N2C(=O)OC(C)(C)C. The standard InChI is InChI=1S/C25H34N4O5/c1-14(26)20(30)15-8-9-18-16(12-15)19(22(31)33-24(2,3)4)17-13-27-10-11-28-21(17)29(18)23(32)34-25(5,6)7/h8-12,14,19-20,30H,13,26H2,1-7H3. The summed E-state index contributed by atoms with van der Waals surface area (Å²) < 4.78 is 11.4. The molecule has 1 aromatic rings. The maximum absolute atomic E-state index is 13.5. The van der Waals surface area contributed by atoms with Crippen LogP contribution < -0.4 is 10.6 Å². The molecule has 0 saturated carbocycles. The van der Waals surface area contributed by atoms with E-state index < -0.39 is 41.3 Å². The van der Waals surface area contributed by atoms with E-state index in [9.17, 15) is 14.7 Å². The van der Waals surface area contributed by atoms with Gasteiger partial charge < -0.3 is 20.3 Å². The summed E-state index contributed by atoms with van der Waals surface area (Å²) >= 11 is 0. The summed E-state index contributed by atoms with van der Waals surface area (Å²) in [4.78, 5) is 36.9. The number of amides is 1. The average molecular weight is 471 g/mol. The van der Waals surface area contributed by atoms with E-state index in [2.05, 4.69) is 9.98 Å². The maximum atomic E-state index is 13.5. The highest BCUT2D eigenvalue weighted by atomic mass is 16.6. The van der Waals surface area contributed by atoms with Gasteiger partial charge in [-0.15, -0.1) is 0 Å². The molecule has 3 atom stereocenters. The fraction of sp³-hybridized carbons (Fsp3) is 0.520. The van der Waals surface area contributed by atoms with Crippen LogP contribution in [-0.2, 0) is 14.3 Å². The van der Waals surface area contributed by atoms with Gasteiger partial charge in [0.2, 0.25) is 0 Å². The van der Waals surface area contributed by atoms with Crippen LogP contribution in [-0.4, -0.2) is 53.4 Å². The van der Waals surface area contributed by atoms with Crippen LogP contribution in [0.4, 0.5) is 10.5 Å². The summed E-state index contributed by atoms with van der Waals surface area (Å²) in [6.45, 7) is 12.5.